The minimum atomic E-state index is -4.06. The number of nitrogens with zero attached hydrogens (tertiary/aromatic N) is 1. The van der Waals surface area contributed by atoms with Crippen LogP contribution in [0.25, 0.3) is 0 Å². The Kier molecular flexibility index (Phi) is 4.41. The smallest absolute Gasteiger partial charge is 0.326 e. The van der Waals surface area contributed by atoms with Crippen molar-refractivity contribution in [2.75, 3.05) is 10.8 Å². The van der Waals surface area contributed by atoms with E-state index in [0.29, 0.717) is 5.56 Å². The number of phenols is 1. The van der Waals surface area contributed by atoms with E-state index >= 15 is 0 Å². The zero-order valence-electron chi connectivity index (χ0n) is 13.7. The van der Waals surface area contributed by atoms with Gasteiger partial charge in [-0.1, -0.05) is 24.3 Å². The number of aromatic hydroxyl groups is 1. The number of hydrogen-bond donors (Lipinski definition) is 2. The van der Waals surface area contributed by atoms with Gasteiger partial charge in [-0.05, 0) is 36.8 Å². The molecule has 138 valence electrons. The summed E-state index contributed by atoms with van der Waals surface area (Å²) in [6, 6.07) is 11.8. The van der Waals surface area contributed by atoms with E-state index in [1.165, 1.54) is 37.3 Å². The van der Waals surface area contributed by atoms with E-state index in [-0.39, 0.29) is 10.6 Å². The van der Waals surface area contributed by atoms with Crippen LogP contribution in [0.5, 0.6) is 5.75 Å². The van der Waals surface area contributed by atoms with E-state index < -0.39 is 43.5 Å². The molecule has 0 aliphatic carbocycles. The zero-order chi connectivity index (χ0) is 19.1. The first-order valence-corrected chi connectivity index (χ1v) is 10.6. The average Bonchev–Trinajstić information content (AvgIpc) is 2.87. The normalized spacial score (nSPS) is 17.7. The summed E-state index contributed by atoms with van der Waals surface area (Å²) < 4.78 is 51.7. The molecule has 1 aliphatic heterocycles. The Hall–Kier alpha value is -2.59. The van der Waals surface area contributed by atoms with Crippen molar-refractivity contribution < 1.29 is 26.7 Å². The van der Waals surface area contributed by atoms with Crippen molar-refractivity contribution in [1.82, 2.24) is 4.72 Å². The van der Waals surface area contributed by atoms with Crippen LogP contribution in [0.4, 0.5) is 5.69 Å². The molecular weight excluding hydrogens is 380 g/mol. The summed E-state index contributed by atoms with van der Waals surface area (Å²) in [6.45, 7) is 1.03. The summed E-state index contributed by atoms with van der Waals surface area (Å²) in [5.41, 5.74) is 0.197. The topological polar surface area (TPSA) is 121 Å². The van der Waals surface area contributed by atoms with Crippen LogP contribution in [0.15, 0.2) is 53.4 Å². The number of benzene rings is 2. The van der Waals surface area contributed by atoms with Gasteiger partial charge in [0.1, 0.15) is 12.3 Å². The summed E-state index contributed by atoms with van der Waals surface area (Å²) in [6.07, 6.45) is 0. The van der Waals surface area contributed by atoms with Crippen molar-refractivity contribution in [2.45, 2.75) is 17.1 Å². The van der Waals surface area contributed by atoms with Gasteiger partial charge in [-0.3, -0.25) is 4.79 Å². The highest BCUT2D eigenvalue weighted by Crippen LogP contribution is 2.36. The first-order chi connectivity index (χ1) is 12.1. The lowest BCUT2D eigenvalue weighted by Crippen LogP contribution is -2.29. The summed E-state index contributed by atoms with van der Waals surface area (Å²) in [7, 11) is -7.74. The Balaban J connectivity index is 1.97. The van der Waals surface area contributed by atoms with E-state index in [1.54, 1.807) is 22.9 Å². The van der Waals surface area contributed by atoms with Crippen LogP contribution in [-0.2, 0) is 24.8 Å². The molecule has 2 aromatic rings. The molecule has 1 amide bonds. The minimum Gasteiger partial charge on any atom is -0.506 e. The third kappa shape index (κ3) is 3.13. The lowest BCUT2D eigenvalue weighted by Gasteiger charge is -2.19. The van der Waals surface area contributed by atoms with Crippen molar-refractivity contribution in [1.29, 1.82) is 0 Å². The molecule has 0 bridgehead atoms. The number of carbonyl (C=O) groups excluding carboxylic acids is 1. The highest BCUT2D eigenvalue weighted by molar-refractivity contribution is 7.92. The fraction of sp³-hybridized carbons (Fsp3) is 0.188. The van der Waals surface area contributed by atoms with Gasteiger partial charge in [-0.2, -0.15) is 8.42 Å². The van der Waals surface area contributed by atoms with Crippen LogP contribution < -0.4 is 9.03 Å². The van der Waals surface area contributed by atoms with E-state index in [2.05, 4.69) is 0 Å². The number of anilines is 1. The van der Waals surface area contributed by atoms with Gasteiger partial charge >= 0.3 is 10.2 Å². The fourth-order valence-electron chi connectivity index (χ4n) is 2.66. The maximum Gasteiger partial charge on any atom is 0.326 e. The molecule has 8 nitrogen and oxygen atoms in total. The van der Waals surface area contributed by atoms with E-state index in [4.69, 9.17) is 0 Å². The molecular formula is C16H16N2O6S2. The number of hydrogen-bond acceptors (Lipinski definition) is 6. The second kappa shape index (κ2) is 6.29. The maximum absolute atomic E-state index is 12.7. The number of amides is 1. The Labute approximate surface area is 151 Å². The number of rotatable bonds is 4. The van der Waals surface area contributed by atoms with Gasteiger partial charge in [0.2, 0.25) is 0 Å². The second-order valence-corrected chi connectivity index (χ2v) is 9.65. The molecule has 0 spiro atoms. The van der Waals surface area contributed by atoms with Crippen LogP contribution in [0.2, 0.25) is 0 Å². The first kappa shape index (κ1) is 18.2. The molecule has 2 N–H and O–H groups in total. The summed E-state index contributed by atoms with van der Waals surface area (Å²) >= 11 is 0. The van der Waals surface area contributed by atoms with Crippen molar-refractivity contribution in [3.8, 4) is 5.75 Å². The highest BCUT2D eigenvalue weighted by atomic mass is 32.2. The Bertz CT molecular complexity index is 1070. The van der Waals surface area contributed by atoms with Gasteiger partial charge in [0.25, 0.3) is 5.91 Å². The second-order valence-electron chi connectivity index (χ2n) is 5.79. The van der Waals surface area contributed by atoms with Gasteiger partial charge in [0.05, 0.1) is 15.8 Å². The molecule has 2 aromatic carbocycles. The van der Waals surface area contributed by atoms with Gasteiger partial charge < -0.3 is 5.11 Å². The highest BCUT2D eigenvalue weighted by Gasteiger charge is 2.36. The molecule has 0 aromatic heterocycles. The fourth-order valence-corrected chi connectivity index (χ4v) is 5.27. The standard InChI is InChI=1S/C16H16N2O6S2/c1-11(25(21,22)13-5-3-2-4-6-13)12-7-8-14(15(19)9-12)18-10-16(20)17-26(18,23)24/h2-9,11,19H,10H2,1H3,(H,17,20). The zero-order valence-corrected chi connectivity index (χ0v) is 15.3. The maximum atomic E-state index is 12.7. The summed E-state index contributed by atoms with van der Waals surface area (Å²) in [5.74, 6) is -1.15. The minimum absolute atomic E-state index is 0.101. The molecule has 3 rings (SSSR count). The predicted molar refractivity (Wildman–Crippen MR) is 94.6 cm³/mol. The number of sulfone groups is 1. The van der Waals surface area contributed by atoms with Crippen molar-refractivity contribution >= 4 is 31.6 Å². The summed E-state index contributed by atoms with van der Waals surface area (Å²) in [5, 5.41) is 9.26. The average molecular weight is 396 g/mol. The molecule has 1 fully saturated rings. The molecule has 1 heterocycles. The third-order valence-electron chi connectivity index (χ3n) is 4.09. The lowest BCUT2D eigenvalue weighted by molar-refractivity contribution is -0.117. The SMILES string of the molecule is CC(c1ccc(N2CC(=O)NS2(=O)=O)c(O)c1)S(=O)(=O)c1ccccc1. The van der Waals surface area contributed by atoms with Crippen LogP contribution in [-0.4, -0.2) is 34.4 Å². The van der Waals surface area contributed by atoms with E-state index in [1.807, 2.05) is 0 Å². The first-order valence-electron chi connectivity index (χ1n) is 7.58. The Morgan fingerprint density at radius 1 is 1.15 bits per heavy atom. The monoisotopic (exact) mass is 396 g/mol. The van der Waals surface area contributed by atoms with E-state index in [0.717, 1.165) is 4.31 Å². The predicted octanol–water partition coefficient (Wildman–Crippen LogP) is 1.11. The van der Waals surface area contributed by atoms with Crippen LogP contribution in [0, 0.1) is 0 Å². The molecule has 0 saturated carbocycles. The van der Waals surface area contributed by atoms with Crippen molar-refractivity contribution in [2.24, 2.45) is 0 Å². The largest absolute Gasteiger partial charge is 0.506 e. The van der Waals surface area contributed by atoms with Gasteiger partial charge in [0.15, 0.2) is 9.84 Å². The van der Waals surface area contributed by atoms with Crippen LogP contribution in [0.3, 0.4) is 0 Å². The third-order valence-corrected chi connectivity index (χ3v) is 7.62. The number of nitrogens with one attached hydrogen (secondary N) is 1. The molecule has 1 aliphatic rings. The Morgan fingerprint density at radius 2 is 1.81 bits per heavy atom. The number of carbonyl (C=O) groups is 1. The molecule has 0 radical (unpaired) electrons. The molecule has 1 saturated heterocycles. The molecule has 10 heteroatoms. The molecule has 26 heavy (non-hydrogen) atoms. The molecule has 1 unspecified atom stereocenters. The molecule has 1 atom stereocenters. The van der Waals surface area contributed by atoms with Crippen molar-refractivity contribution in [3.05, 3.63) is 54.1 Å². The summed E-state index contributed by atoms with van der Waals surface area (Å²) in [4.78, 5) is 11.5. The van der Waals surface area contributed by atoms with E-state index in [9.17, 15) is 26.7 Å². The Morgan fingerprint density at radius 3 is 2.35 bits per heavy atom. The van der Waals surface area contributed by atoms with Gasteiger partial charge in [0, 0.05) is 0 Å². The lowest BCUT2D eigenvalue weighted by atomic mass is 10.1. The van der Waals surface area contributed by atoms with Gasteiger partial charge in [-0.15, -0.1) is 0 Å². The van der Waals surface area contributed by atoms with Crippen LogP contribution >= 0.6 is 0 Å². The quantitative estimate of drug-likeness (QED) is 0.799. The van der Waals surface area contributed by atoms with Crippen LogP contribution in [0.1, 0.15) is 17.7 Å². The number of phenolic OH excluding ortho intramolecular Hbond substituents is 1. The van der Waals surface area contributed by atoms with Gasteiger partial charge in [-0.25, -0.2) is 17.4 Å². The van der Waals surface area contributed by atoms with Crippen molar-refractivity contribution in [3.63, 3.8) is 0 Å².